The third kappa shape index (κ3) is 4.73. The fourth-order valence-electron chi connectivity index (χ4n) is 5.47. The zero-order valence-corrected chi connectivity index (χ0v) is 22.1. The Labute approximate surface area is 223 Å². The number of nitrogens with zero attached hydrogens (tertiary/aromatic N) is 4. The van der Waals surface area contributed by atoms with Crippen molar-refractivity contribution < 1.29 is 9.18 Å². The number of carbonyl (C=O) groups is 1. The number of carbonyl (C=O) groups excluding carboxylic acids is 1. The van der Waals surface area contributed by atoms with Gasteiger partial charge in [-0.1, -0.05) is 18.2 Å². The average Bonchev–Trinajstić information content (AvgIpc) is 3.29. The molecule has 0 saturated carbocycles. The van der Waals surface area contributed by atoms with Gasteiger partial charge in [0, 0.05) is 36.3 Å². The van der Waals surface area contributed by atoms with E-state index in [9.17, 15) is 9.18 Å². The SMILES string of the molecule is Cc1cc(C(=O)NC2CN3CCC2CC3)ccc1CNc1cc(-c2ccccc2F)nc2c(Br)cnn12. The quantitative estimate of drug-likeness (QED) is 0.344. The van der Waals surface area contributed by atoms with Gasteiger partial charge >= 0.3 is 0 Å². The molecule has 2 bridgehead atoms. The van der Waals surface area contributed by atoms with E-state index in [0.717, 1.165) is 35.2 Å². The van der Waals surface area contributed by atoms with Gasteiger partial charge in [-0.2, -0.15) is 9.61 Å². The van der Waals surface area contributed by atoms with E-state index in [1.54, 1.807) is 35.0 Å². The number of amides is 1. The summed E-state index contributed by atoms with van der Waals surface area (Å²) in [5.74, 6) is 0.946. The lowest BCUT2D eigenvalue weighted by atomic mass is 9.84. The molecule has 9 heteroatoms. The minimum atomic E-state index is -0.330. The minimum Gasteiger partial charge on any atom is -0.366 e. The third-order valence-corrected chi connectivity index (χ3v) is 8.18. The van der Waals surface area contributed by atoms with Gasteiger partial charge in [-0.25, -0.2) is 9.37 Å². The van der Waals surface area contributed by atoms with E-state index in [-0.39, 0.29) is 17.8 Å². The van der Waals surface area contributed by atoms with Crippen molar-refractivity contribution >= 4 is 33.3 Å². The summed E-state index contributed by atoms with van der Waals surface area (Å²) in [6.07, 6.45) is 4.01. The number of benzene rings is 2. The van der Waals surface area contributed by atoms with E-state index in [2.05, 4.69) is 41.5 Å². The predicted octanol–water partition coefficient (Wildman–Crippen LogP) is 5.04. The fraction of sp³-hybridized carbons (Fsp3) is 0.321. The molecule has 37 heavy (non-hydrogen) atoms. The van der Waals surface area contributed by atoms with Crippen LogP contribution in [0.2, 0.25) is 0 Å². The Bertz CT molecular complexity index is 1480. The maximum Gasteiger partial charge on any atom is 0.251 e. The van der Waals surface area contributed by atoms with E-state index in [1.165, 1.54) is 18.9 Å². The Morgan fingerprint density at radius 3 is 2.70 bits per heavy atom. The molecule has 3 aliphatic rings. The van der Waals surface area contributed by atoms with Crippen LogP contribution in [-0.4, -0.2) is 51.1 Å². The van der Waals surface area contributed by atoms with Crippen LogP contribution in [0.1, 0.15) is 34.3 Å². The van der Waals surface area contributed by atoms with Crippen LogP contribution in [0.25, 0.3) is 16.9 Å². The molecule has 0 spiro atoms. The third-order valence-electron chi connectivity index (χ3n) is 7.62. The largest absolute Gasteiger partial charge is 0.366 e. The number of hydrogen-bond acceptors (Lipinski definition) is 5. The molecule has 1 amide bonds. The number of aryl methyl sites for hydroxylation is 1. The molecule has 190 valence electrons. The monoisotopic (exact) mass is 562 g/mol. The van der Waals surface area contributed by atoms with E-state index < -0.39 is 0 Å². The number of rotatable bonds is 6. The van der Waals surface area contributed by atoms with Crippen molar-refractivity contribution in [3.05, 3.63) is 81.7 Å². The van der Waals surface area contributed by atoms with Crippen LogP contribution in [0, 0.1) is 18.7 Å². The predicted molar refractivity (Wildman–Crippen MR) is 145 cm³/mol. The van der Waals surface area contributed by atoms with Crippen LogP contribution in [0.5, 0.6) is 0 Å². The van der Waals surface area contributed by atoms with Crippen molar-refractivity contribution in [3.63, 3.8) is 0 Å². The van der Waals surface area contributed by atoms with Crippen molar-refractivity contribution in [1.29, 1.82) is 0 Å². The first-order valence-corrected chi connectivity index (χ1v) is 13.4. The van der Waals surface area contributed by atoms with Gasteiger partial charge in [-0.05, 0) is 90.1 Å². The standard InChI is InChI=1S/C28H28BrFN6O/c1-17-12-19(28(37)34-25-16-35-10-8-18(25)9-11-35)6-7-20(17)14-31-26-13-24(21-4-2-3-5-23(21)30)33-27-22(29)15-32-36(26)27/h2-7,12-13,15,18,25,31H,8-11,14,16H2,1H3,(H,34,37). The molecule has 7 rings (SSSR count). The first-order chi connectivity index (χ1) is 18.0. The Balaban J connectivity index is 1.20. The first kappa shape index (κ1) is 24.1. The number of fused-ring (bicyclic) bond motifs is 4. The molecule has 1 unspecified atom stereocenters. The summed E-state index contributed by atoms with van der Waals surface area (Å²) < 4.78 is 16.9. The van der Waals surface area contributed by atoms with Gasteiger partial charge in [-0.15, -0.1) is 0 Å². The van der Waals surface area contributed by atoms with Gasteiger partial charge in [0.2, 0.25) is 0 Å². The molecule has 3 aliphatic heterocycles. The summed E-state index contributed by atoms with van der Waals surface area (Å²) >= 11 is 3.49. The molecule has 7 nitrogen and oxygen atoms in total. The van der Waals surface area contributed by atoms with Crippen LogP contribution in [-0.2, 0) is 6.54 Å². The summed E-state index contributed by atoms with van der Waals surface area (Å²) in [4.78, 5) is 20.0. The highest BCUT2D eigenvalue weighted by molar-refractivity contribution is 9.10. The minimum absolute atomic E-state index is 0.00637. The number of halogens is 2. The molecule has 2 N–H and O–H groups in total. The van der Waals surface area contributed by atoms with Crippen molar-refractivity contribution in [2.24, 2.45) is 5.92 Å². The van der Waals surface area contributed by atoms with Gasteiger partial charge in [-0.3, -0.25) is 4.79 Å². The van der Waals surface area contributed by atoms with E-state index in [1.807, 2.05) is 25.1 Å². The van der Waals surface area contributed by atoms with Gasteiger partial charge < -0.3 is 15.5 Å². The van der Waals surface area contributed by atoms with E-state index >= 15 is 0 Å². The normalized spacial score (nSPS) is 20.8. The summed E-state index contributed by atoms with van der Waals surface area (Å²) in [5.41, 5.74) is 4.31. The highest BCUT2D eigenvalue weighted by Crippen LogP contribution is 2.29. The summed E-state index contributed by atoms with van der Waals surface area (Å²) in [6, 6.07) is 14.5. The number of piperidine rings is 3. The number of anilines is 1. The Morgan fingerprint density at radius 1 is 1.16 bits per heavy atom. The molecule has 5 heterocycles. The van der Waals surface area contributed by atoms with Gasteiger partial charge in [0.15, 0.2) is 5.65 Å². The molecular formula is C28H28BrFN6O. The molecule has 3 saturated heterocycles. The molecule has 2 aromatic carbocycles. The molecule has 0 aliphatic carbocycles. The molecule has 1 atom stereocenters. The molecule has 3 fully saturated rings. The topological polar surface area (TPSA) is 74.6 Å². The summed E-state index contributed by atoms with van der Waals surface area (Å²) in [6.45, 7) is 5.79. The average molecular weight is 563 g/mol. The fourth-order valence-corrected chi connectivity index (χ4v) is 5.82. The maximum atomic E-state index is 14.5. The molecule has 2 aromatic heterocycles. The summed E-state index contributed by atoms with van der Waals surface area (Å²) in [7, 11) is 0. The van der Waals surface area contributed by atoms with Crippen molar-refractivity contribution in [1.82, 2.24) is 24.8 Å². The number of aromatic nitrogens is 3. The summed E-state index contributed by atoms with van der Waals surface area (Å²) in [5, 5.41) is 11.1. The van der Waals surface area contributed by atoms with Crippen molar-refractivity contribution in [3.8, 4) is 11.3 Å². The lowest BCUT2D eigenvalue weighted by molar-refractivity contribution is 0.0620. The van der Waals surface area contributed by atoms with Crippen LogP contribution in [0.3, 0.4) is 0 Å². The molecular weight excluding hydrogens is 535 g/mol. The molecule has 4 aromatic rings. The smallest absolute Gasteiger partial charge is 0.251 e. The lowest BCUT2D eigenvalue weighted by Crippen LogP contribution is -2.57. The highest BCUT2D eigenvalue weighted by Gasteiger charge is 2.35. The highest BCUT2D eigenvalue weighted by atomic mass is 79.9. The second kappa shape index (κ2) is 9.87. The Morgan fingerprint density at radius 2 is 1.97 bits per heavy atom. The second-order valence-corrected chi connectivity index (χ2v) is 10.8. The van der Waals surface area contributed by atoms with E-state index in [0.29, 0.717) is 40.7 Å². The van der Waals surface area contributed by atoms with Gasteiger partial charge in [0.1, 0.15) is 11.6 Å². The van der Waals surface area contributed by atoms with E-state index in [4.69, 9.17) is 0 Å². The number of nitrogens with one attached hydrogen (secondary N) is 2. The molecule has 0 radical (unpaired) electrons. The zero-order chi connectivity index (χ0) is 25.5. The maximum absolute atomic E-state index is 14.5. The zero-order valence-electron chi connectivity index (χ0n) is 20.5. The van der Waals surface area contributed by atoms with Gasteiger partial charge in [0.25, 0.3) is 5.91 Å². The lowest BCUT2D eigenvalue weighted by Gasteiger charge is -2.44. The van der Waals surface area contributed by atoms with Crippen molar-refractivity contribution in [2.45, 2.75) is 32.4 Å². The first-order valence-electron chi connectivity index (χ1n) is 12.6. The Kier molecular flexibility index (Phi) is 6.42. The second-order valence-electron chi connectivity index (χ2n) is 9.95. The van der Waals surface area contributed by atoms with Crippen LogP contribution in [0.4, 0.5) is 10.2 Å². The van der Waals surface area contributed by atoms with Crippen molar-refractivity contribution in [2.75, 3.05) is 25.0 Å². The van der Waals surface area contributed by atoms with Gasteiger partial charge in [0.05, 0.1) is 16.4 Å². The number of hydrogen-bond donors (Lipinski definition) is 2. The van der Waals surface area contributed by atoms with Crippen LogP contribution in [0.15, 0.2) is 59.2 Å². The Hall–Kier alpha value is -3.30. The van der Waals surface area contributed by atoms with Crippen LogP contribution < -0.4 is 10.6 Å². The van der Waals surface area contributed by atoms with Crippen LogP contribution >= 0.6 is 15.9 Å².